The molecule has 0 atom stereocenters. The molecule has 0 aromatic heterocycles. The van der Waals surface area contributed by atoms with Gasteiger partial charge in [-0.1, -0.05) is 6.92 Å². The first-order valence-electron chi connectivity index (χ1n) is 6.40. The highest BCUT2D eigenvalue weighted by Crippen LogP contribution is 2.21. The molecule has 0 fully saturated rings. The molecule has 4 nitrogen and oxygen atoms in total. The summed E-state index contributed by atoms with van der Waals surface area (Å²) in [6, 6.07) is 0. The number of ether oxygens (including phenoxy) is 2. The summed E-state index contributed by atoms with van der Waals surface area (Å²) in [5.74, 6) is -0.163. The molecule has 0 amide bonds. The van der Waals surface area contributed by atoms with E-state index >= 15 is 0 Å². The summed E-state index contributed by atoms with van der Waals surface area (Å²) in [6.07, 6.45) is 3.50. The van der Waals surface area contributed by atoms with Crippen LogP contribution in [0.1, 0.15) is 46.5 Å². The Morgan fingerprint density at radius 1 is 1.12 bits per heavy atom. The van der Waals surface area contributed by atoms with Crippen molar-refractivity contribution in [3.05, 3.63) is 0 Å². The monoisotopic (exact) mass is 246 g/mol. The van der Waals surface area contributed by atoms with Gasteiger partial charge in [-0.2, -0.15) is 0 Å². The van der Waals surface area contributed by atoms with Crippen molar-refractivity contribution in [2.75, 3.05) is 26.4 Å². The van der Waals surface area contributed by atoms with Gasteiger partial charge in [0.05, 0.1) is 12.0 Å². The SMILES string of the molecule is CCC(C)(C)C(=O)OCCOCCCCCO. The second-order valence-corrected chi connectivity index (χ2v) is 4.77. The molecule has 0 aromatic carbocycles. The molecular formula is C13H26O4. The molecular weight excluding hydrogens is 220 g/mol. The smallest absolute Gasteiger partial charge is 0.311 e. The Morgan fingerprint density at radius 2 is 1.82 bits per heavy atom. The summed E-state index contributed by atoms with van der Waals surface area (Å²) in [7, 11) is 0. The number of esters is 1. The van der Waals surface area contributed by atoms with E-state index in [0.29, 0.717) is 19.8 Å². The van der Waals surface area contributed by atoms with Crippen molar-refractivity contribution >= 4 is 5.97 Å². The fourth-order valence-electron chi connectivity index (χ4n) is 1.13. The lowest BCUT2D eigenvalue weighted by molar-refractivity contribution is -0.155. The van der Waals surface area contributed by atoms with Crippen LogP contribution in [0.15, 0.2) is 0 Å². The highest BCUT2D eigenvalue weighted by molar-refractivity contribution is 5.75. The van der Waals surface area contributed by atoms with E-state index < -0.39 is 5.41 Å². The minimum absolute atomic E-state index is 0.163. The summed E-state index contributed by atoms with van der Waals surface area (Å²) >= 11 is 0. The lowest BCUT2D eigenvalue weighted by atomic mass is 9.91. The van der Waals surface area contributed by atoms with Gasteiger partial charge in [0.1, 0.15) is 6.61 Å². The summed E-state index contributed by atoms with van der Waals surface area (Å²) in [6.45, 7) is 7.40. The average molecular weight is 246 g/mol. The fourth-order valence-corrected chi connectivity index (χ4v) is 1.13. The van der Waals surface area contributed by atoms with Gasteiger partial charge in [-0.3, -0.25) is 4.79 Å². The minimum atomic E-state index is -0.402. The average Bonchev–Trinajstić information content (AvgIpc) is 2.32. The third-order valence-corrected chi connectivity index (χ3v) is 2.84. The number of rotatable bonds is 10. The van der Waals surface area contributed by atoms with Crippen molar-refractivity contribution in [3.63, 3.8) is 0 Å². The van der Waals surface area contributed by atoms with E-state index in [1.807, 2.05) is 20.8 Å². The Bertz CT molecular complexity index is 202. The number of unbranched alkanes of at least 4 members (excludes halogenated alkanes) is 2. The quantitative estimate of drug-likeness (QED) is 0.474. The van der Waals surface area contributed by atoms with Crippen LogP contribution in [-0.4, -0.2) is 37.5 Å². The van der Waals surface area contributed by atoms with Gasteiger partial charge in [0, 0.05) is 13.2 Å². The predicted molar refractivity (Wildman–Crippen MR) is 66.8 cm³/mol. The topological polar surface area (TPSA) is 55.8 Å². The molecule has 0 saturated carbocycles. The number of aliphatic hydroxyl groups excluding tert-OH is 1. The molecule has 17 heavy (non-hydrogen) atoms. The molecule has 0 bridgehead atoms. The summed E-state index contributed by atoms with van der Waals surface area (Å²) in [5, 5.41) is 8.57. The highest BCUT2D eigenvalue weighted by Gasteiger charge is 2.26. The van der Waals surface area contributed by atoms with E-state index in [4.69, 9.17) is 14.6 Å². The third kappa shape index (κ3) is 8.16. The minimum Gasteiger partial charge on any atom is -0.463 e. The highest BCUT2D eigenvalue weighted by atomic mass is 16.6. The van der Waals surface area contributed by atoms with Crippen LogP contribution in [0.25, 0.3) is 0 Å². The maximum atomic E-state index is 11.6. The van der Waals surface area contributed by atoms with Gasteiger partial charge in [-0.25, -0.2) is 0 Å². The summed E-state index contributed by atoms with van der Waals surface area (Å²) < 4.78 is 10.4. The molecule has 0 radical (unpaired) electrons. The van der Waals surface area contributed by atoms with E-state index in [0.717, 1.165) is 25.7 Å². The molecule has 0 spiro atoms. The first-order chi connectivity index (χ1) is 8.04. The van der Waals surface area contributed by atoms with Crippen LogP contribution in [0.4, 0.5) is 0 Å². The predicted octanol–water partition coefficient (Wildman–Crippen LogP) is 2.15. The molecule has 1 N–H and O–H groups in total. The first kappa shape index (κ1) is 16.4. The Kier molecular flexibility index (Phi) is 9.09. The molecule has 0 rings (SSSR count). The van der Waals surface area contributed by atoms with Crippen LogP contribution in [0.3, 0.4) is 0 Å². The van der Waals surface area contributed by atoms with Crippen molar-refractivity contribution in [3.8, 4) is 0 Å². The van der Waals surface area contributed by atoms with E-state index in [1.54, 1.807) is 0 Å². The molecule has 0 unspecified atom stereocenters. The molecule has 0 saturated heterocycles. The summed E-state index contributed by atoms with van der Waals surface area (Å²) in [5.41, 5.74) is -0.402. The first-order valence-corrected chi connectivity index (χ1v) is 6.40. The lowest BCUT2D eigenvalue weighted by Crippen LogP contribution is -2.27. The van der Waals surface area contributed by atoms with E-state index in [9.17, 15) is 4.79 Å². The van der Waals surface area contributed by atoms with Crippen LogP contribution in [-0.2, 0) is 14.3 Å². The lowest BCUT2D eigenvalue weighted by Gasteiger charge is -2.20. The maximum Gasteiger partial charge on any atom is 0.311 e. The maximum absolute atomic E-state index is 11.6. The van der Waals surface area contributed by atoms with Crippen molar-refractivity contribution in [2.24, 2.45) is 5.41 Å². The van der Waals surface area contributed by atoms with Crippen molar-refractivity contribution in [1.82, 2.24) is 0 Å². The van der Waals surface area contributed by atoms with Crippen LogP contribution in [0.5, 0.6) is 0 Å². The van der Waals surface area contributed by atoms with Crippen LogP contribution in [0.2, 0.25) is 0 Å². The van der Waals surface area contributed by atoms with Gasteiger partial charge in [0.15, 0.2) is 0 Å². The van der Waals surface area contributed by atoms with Gasteiger partial charge in [-0.15, -0.1) is 0 Å². The second-order valence-electron chi connectivity index (χ2n) is 4.77. The molecule has 4 heteroatoms. The summed E-state index contributed by atoms with van der Waals surface area (Å²) in [4.78, 5) is 11.6. The Morgan fingerprint density at radius 3 is 2.41 bits per heavy atom. The van der Waals surface area contributed by atoms with Gasteiger partial charge in [0.25, 0.3) is 0 Å². The zero-order valence-corrected chi connectivity index (χ0v) is 11.3. The van der Waals surface area contributed by atoms with E-state index in [1.165, 1.54) is 0 Å². The number of hydrogen-bond acceptors (Lipinski definition) is 4. The number of carbonyl (C=O) groups is 1. The molecule has 0 aliphatic carbocycles. The zero-order valence-electron chi connectivity index (χ0n) is 11.3. The molecule has 0 aromatic rings. The van der Waals surface area contributed by atoms with Gasteiger partial charge < -0.3 is 14.6 Å². The molecule has 102 valence electrons. The number of carbonyl (C=O) groups excluding carboxylic acids is 1. The van der Waals surface area contributed by atoms with Crippen molar-refractivity contribution in [2.45, 2.75) is 46.5 Å². The molecule has 0 heterocycles. The zero-order chi connectivity index (χ0) is 13.1. The Labute approximate surface area is 104 Å². The molecule has 0 aliphatic heterocycles. The van der Waals surface area contributed by atoms with Crippen LogP contribution < -0.4 is 0 Å². The normalized spacial score (nSPS) is 11.5. The van der Waals surface area contributed by atoms with Crippen LogP contribution in [0, 0.1) is 5.41 Å². The van der Waals surface area contributed by atoms with Gasteiger partial charge >= 0.3 is 5.97 Å². The second kappa shape index (κ2) is 9.42. The van der Waals surface area contributed by atoms with Crippen molar-refractivity contribution < 1.29 is 19.4 Å². The van der Waals surface area contributed by atoms with Gasteiger partial charge in [0.2, 0.25) is 0 Å². The van der Waals surface area contributed by atoms with E-state index in [2.05, 4.69) is 0 Å². The largest absolute Gasteiger partial charge is 0.463 e. The fraction of sp³-hybridized carbons (Fsp3) is 0.923. The van der Waals surface area contributed by atoms with E-state index in [-0.39, 0.29) is 12.6 Å². The molecule has 0 aliphatic rings. The Balaban J connectivity index is 3.37. The standard InChI is InChI=1S/C13H26O4/c1-4-13(2,3)12(15)17-11-10-16-9-7-5-6-8-14/h14H,4-11H2,1-3H3. The van der Waals surface area contributed by atoms with Crippen LogP contribution >= 0.6 is 0 Å². The number of aliphatic hydroxyl groups is 1. The third-order valence-electron chi connectivity index (χ3n) is 2.84. The van der Waals surface area contributed by atoms with Gasteiger partial charge in [-0.05, 0) is 39.5 Å². The number of hydrogen-bond donors (Lipinski definition) is 1. The Hall–Kier alpha value is -0.610. The van der Waals surface area contributed by atoms with Crippen molar-refractivity contribution in [1.29, 1.82) is 0 Å².